The summed E-state index contributed by atoms with van der Waals surface area (Å²) >= 11 is 0. The predicted octanol–water partition coefficient (Wildman–Crippen LogP) is 3.57. The van der Waals surface area contributed by atoms with Gasteiger partial charge in [0.1, 0.15) is 5.75 Å². The van der Waals surface area contributed by atoms with Crippen molar-refractivity contribution in [3.63, 3.8) is 0 Å². The van der Waals surface area contributed by atoms with Crippen molar-refractivity contribution in [2.75, 3.05) is 26.8 Å². The fraction of sp³-hybridized carbons (Fsp3) is 0.417. The maximum Gasteiger partial charge on any atom is 0.404 e. The van der Waals surface area contributed by atoms with Crippen molar-refractivity contribution in [3.8, 4) is 5.75 Å². The Bertz CT molecular complexity index is 820. The van der Waals surface area contributed by atoms with Gasteiger partial charge in [0.05, 0.1) is 19.3 Å². The van der Waals surface area contributed by atoms with Gasteiger partial charge in [0.15, 0.2) is 0 Å². The number of carbonyl (C=O) groups excluding carboxylic acids is 1. The van der Waals surface area contributed by atoms with Crippen LogP contribution >= 0.6 is 0 Å². The Hall–Kier alpha value is -3.06. The molecule has 0 aromatic heterocycles. The summed E-state index contributed by atoms with van der Waals surface area (Å²) in [5.74, 6) is 0.556. The number of ether oxygens (including phenoxy) is 1. The molecule has 7 heteroatoms. The lowest BCUT2D eigenvalue weighted by molar-refractivity contribution is 0.0933. The van der Waals surface area contributed by atoms with E-state index in [0.717, 1.165) is 12.8 Å². The third-order valence-electron chi connectivity index (χ3n) is 5.52. The Labute approximate surface area is 183 Å². The van der Waals surface area contributed by atoms with Crippen molar-refractivity contribution in [1.29, 1.82) is 0 Å². The largest absolute Gasteiger partial charge is 0.496 e. The quantitative estimate of drug-likeness (QED) is 0.539. The van der Waals surface area contributed by atoms with Gasteiger partial charge >= 0.3 is 6.09 Å². The first-order valence-corrected chi connectivity index (χ1v) is 10.6. The number of aliphatic hydroxyl groups excluding tert-OH is 1. The molecule has 31 heavy (non-hydrogen) atoms. The second kappa shape index (κ2) is 12.6. The van der Waals surface area contributed by atoms with Gasteiger partial charge in [0, 0.05) is 18.5 Å². The highest BCUT2D eigenvalue weighted by Gasteiger charge is 2.34. The first-order valence-electron chi connectivity index (χ1n) is 10.6. The number of hydrogen-bond acceptors (Lipinski definition) is 4. The molecular weight excluding hydrogens is 396 g/mol. The van der Waals surface area contributed by atoms with E-state index in [-0.39, 0.29) is 24.5 Å². The number of nitrogens with one attached hydrogen (secondary N) is 2. The molecule has 1 saturated carbocycles. The number of para-hydroxylation sites is 1. The van der Waals surface area contributed by atoms with E-state index in [0.29, 0.717) is 17.9 Å². The zero-order valence-electron chi connectivity index (χ0n) is 18.0. The number of amides is 2. The molecule has 0 saturated heterocycles. The molecular formula is C24H32N2O5. The molecule has 0 spiro atoms. The minimum Gasteiger partial charge on any atom is -0.496 e. The molecule has 7 nitrogen and oxygen atoms in total. The van der Waals surface area contributed by atoms with Crippen LogP contribution in [0.1, 0.15) is 48.0 Å². The van der Waals surface area contributed by atoms with Gasteiger partial charge in [-0.2, -0.15) is 0 Å². The normalized spacial score (nSPS) is 14.5. The number of hydrogen-bond donors (Lipinski definition) is 4. The molecule has 1 fully saturated rings. The molecule has 0 aliphatic heterocycles. The van der Waals surface area contributed by atoms with Gasteiger partial charge < -0.3 is 25.6 Å². The lowest BCUT2D eigenvalue weighted by Gasteiger charge is -2.38. The standard InChI is InChI=1S/C21H25NO2.C3H7NO3/c1-24-19-13-7-6-12-18(19)20(23)22-16-21(14-8-3-9-15-21)17-10-4-2-5-11-17;5-2-1-4-3(6)7/h2,4-7,10-13H,3,8-9,14-16H2,1H3,(H,22,23);4-5H,1-2H2,(H,6,7). The van der Waals surface area contributed by atoms with E-state index in [4.69, 9.17) is 14.9 Å². The number of carboxylic acid groups (broad SMARTS) is 1. The molecule has 1 aliphatic carbocycles. The van der Waals surface area contributed by atoms with E-state index in [1.54, 1.807) is 7.11 Å². The monoisotopic (exact) mass is 428 g/mol. The van der Waals surface area contributed by atoms with Crippen LogP contribution in [0.2, 0.25) is 0 Å². The van der Waals surface area contributed by atoms with Gasteiger partial charge in [-0.3, -0.25) is 4.79 Å². The molecule has 0 bridgehead atoms. The third-order valence-corrected chi connectivity index (χ3v) is 5.52. The van der Waals surface area contributed by atoms with Crippen molar-refractivity contribution in [3.05, 3.63) is 65.7 Å². The topological polar surface area (TPSA) is 108 Å². The van der Waals surface area contributed by atoms with Crippen LogP contribution in [0, 0.1) is 0 Å². The molecule has 4 N–H and O–H groups in total. The molecule has 168 valence electrons. The molecule has 2 aromatic rings. The first kappa shape index (κ1) is 24.2. The number of carbonyl (C=O) groups is 2. The highest BCUT2D eigenvalue weighted by Crippen LogP contribution is 2.39. The van der Waals surface area contributed by atoms with Crippen LogP contribution in [0.5, 0.6) is 5.75 Å². The Morgan fingerprint density at radius 3 is 2.19 bits per heavy atom. The van der Waals surface area contributed by atoms with Crippen LogP contribution < -0.4 is 15.4 Å². The second-order valence-corrected chi connectivity index (χ2v) is 7.55. The summed E-state index contributed by atoms with van der Waals surface area (Å²) in [4.78, 5) is 22.2. The van der Waals surface area contributed by atoms with E-state index < -0.39 is 6.09 Å². The molecule has 0 heterocycles. The van der Waals surface area contributed by atoms with Gasteiger partial charge in [0.2, 0.25) is 0 Å². The van der Waals surface area contributed by atoms with Crippen LogP contribution in [-0.2, 0) is 5.41 Å². The zero-order chi connectivity index (χ0) is 22.5. The van der Waals surface area contributed by atoms with Gasteiger partial charge in [-0.25, -0.2) is 4.79 Å². The first-order chi connectivity index (χ1) is 15.0. The fourth-order valence-corrected chi connectivity index (χ4v) is 3.93. The number of methoxy groups -OCH3 is 1. The molecule has 0 atom stereocenters. The van der Waals surface area contributed by atoms with Gasteiger partial charge in [-0.05, 0) is 30.5 Å². The van der Waals surface area contributed by atoms with E-state index in [1.807, 2.05) is 35.6 Å². The van der Waals surface area contributed by atoms with E-state index in [9.17, 15) is 9.59 Å². The fourth-order valence-electron chi connectivity index (χ4n) is 3.93. The maximum atomic E-state index is 12.6. The SMILES string of the molecule is COc1ccccc1C(=O)NCC1(c2ccccc2)CCCCC1.O=C(O)NCCO. The number of aliphatic hydroxyl groups is 1. The Balaban J connectivity index is 0.000000423. The summed E-state index contributed by atoms with van der Waals surface area (Å²) < 4.78 is 5.31. The summed E-state index contributed by atoms with van der Waals surface area (Å²) in [5.41, 5.74) is 1.99. The molecule has 2 amide bonds. The summed E-state index contributed by atoms with van der Waals surface area (Å²) in [5, 5.41) is 20.9. The van der Waals surface area contributed by atoms with Gasteiger partial charge in [0.25, 0.3) is 5.91 Å². The Morgan fingerprint density at radius 2 is 1.61 bits per heavy atom. The molecule has 2 aromatic carbocycles. The average molecular weight is 429 g/mol. The number of benzene rings is 2. The van der Waals surface area contributed by atoms with Crippen LogP contribution in [0.15, 0.2) is 54.6 Å². The summed E-state index contributed by atoms with van der Waals surface area (Å²) in [6, 6.07) is 18.0. The summed E-state index contributed by atoms with van der Waals surface area (Å²) in [6.45, 7) is 0.634. The molecule has 0 unspecified atom stereocenters. The predicted molar refractivity (Wildman–Crippen MR) is 120 cm³/mol. The molecule has 0 radical (unpaired) electrons. The van der Waals surface area contributed by atoms with E-state index >= 15 is 0 Å². The van der Waals surface area contributed by atoms with Crippen molar-refractivity contribution in [1.82, 2.24) is 10.6 Å². The third kappa shape index (κ3) is 7.29. The average Bonchev–Trinajstić information content (AvgIpc) is 2.82. The van der Waals surface area contributed by atoms with Crippen LogP contribution in [0.3, 0.4) is 0 Å². The van der Waals surface area contributed by atoms with Crippen molar-refractivity contribution >= 4 is 12.0 Å². The lowest BCUT2D eigenvalue weighted by atomic mass is 9.69. The van der Waals surface area contributed by atoms with Gasteiger partial charge in [-0.1, -0.05) is 61.7 Å². The van der Waals surface area contributed by atoms with Crippen LogP contribution in [0.25, 0.3) is 0 Å². The highest BCUT2D eigenvalue weighted by molar-refractivity contribution is 5.96. The Kier molecular flexibility index (Phi) is 9.84. The summed E-state index contributed by atoms with van der Waals surface area (Å²) in [7, 11) is 1.60. The molecule has 1 aliphatic rings. The van der Waals surface area contributed by atoms with E-state index in [1.165, 1.54) is 24.8 Å². The van der Waals surface area contributed by atoms with Gasteiger partial charge in [-0.15, -0.1) is 0 Å². The minimum atomic E-state index is -1.10. The zero-order valence-corrected chi connectivity index (χ0v) is 18.0. The Morgan fingerprint density at radius 1 is 0.968 bits per heavy atom. The minimum absolute atomic E-state index is 0.0528. The molecule has 3 rings (SSSR count). The smallest absolute Gasteiger partial charge is 0.404 e. The maximum absolute atomic E-state index is 12.6. The van der Waals surface area contributed by atoms with Crippen molar-refractivity contribution in [2.24, 2.45) is 0 Å². The van der Waals surface area contributed by atoms with Crippen LogP contribution in [-0.4, -0.2) is 49.0 Å². The lowest BCUT2D eigenvalue weighted by Crippen LogP contribution is -2.42. The highest BCUT2D eigenvalue weighted by atomic mass is 16.5. The van der Waals surface area contributed by atoms with E-state index in [2.05, 4.69) is 29.6 Å². The van der Waals surface area contributed by atoms with Crippen molar-refractivity contribution < 1.29 is 24.5 Å². The second-order valence-electron chi connectivity index (χ2n) is 7.55. The summed E-state index contributed by atoms with van der Waals surface area (Å²) in [6.07, 6.45) is 4.88. The number of rotatable bonds is 7. The van der Waals surface area contributed by atoms with Crippen LogP contribution in [0.4, 0.5) is 4.79 Å². The van der Waals surface area contributed by atoms with Crippen molar-refractivity contribution in [2.45, 2.75) is 37.5 Å².